The first-order valence-corrected chi connectivity index (χ1v) is 3.96. The van der Waals surface area contributed by atoms with E-state index >= 15 is 0 Å². The highest BCUT2D eigenvalue weighted by atomic mass is 19.4. The van der Waals surface area contributed by atoms with Crippen molar-refractivity contribution in [1.82, 2.24) is 15.0 Å². The van der Waals surface area contributed by atoms with Crippen LogP contribution in [0.15, 0.2) is 0 Å². The van der Waals surface area contributed by atoms with Gasteiger partial charge in [0.1, 0.15) is 6.73 Å². The minimum atomic E-state index is -4.49. The number of anilines is 2. The van der Waals surface area contributed by atoms with E-state index in [1.165, 1.54) is 0 Å². The average molecular weight is 239 g/mol. The van der Waals surface area contributed by atoms with Gasteiger partial charge in [-0.3, -0.25) is 0 Å². The molecule has 4 N–H and O–H groups in total. The third kappa shape index (κ3) is 4.13. The highest BCUT2D eigenvalue weighted by Crippen LogP contribution is 2.16. The van der Waals surface area contributed by atoms with Crippen LogP contribution in [0.5, 0.6) is 6.01 Å². The first kappa shape index (κ1) is 12.2. The fourth-order valence-electron chi connectivity index (χ4n) is 0.733. The maximum Gasteiger partial charge on any atom is 0.422 e. The summed E-state index contributed by atoms with van der Waals surface area (Å²) in [6.45, 7) is -2.03. The van der Waals surface area contributed by atoms with E-state index in [2.05, 4.69) is 25.0 Å². The van der Waals surface area contributed by atoms with E-state index in [1.54, 1.807) is 0 Å². The molecule has 0 saturated heterocycles. The molecule has 0 radical (unpaired) electrons. The fraction of sp³-hybridized carbons (Fsp3) is 0.500. The Balaban J connectivity index is 2.72. The Bertz CT molecular complexity index is 359. The fourth-order valence-corrected chi connectivity index (χ4v) is 0.733. The summed E-state index contributed by atoms with van der Waals surface area (Å²) in [4.78, 5) is 10.3. The van der Waals surface area contributed by atoms with Crippen LogP contribution in [0.25, 0.3) is 0 Å². The topological polar surface area (TPSA) is 106 Å². The van der Waals surface area contributed by atoms with Gasteiger partial charge in [-0.2, -0.15) is 28.1 Å². The Labute approximate surface area is 87.5 Å². The molecule has 0 atom stereocenters. The van der Waals surface area contributed by atoms with Crippen molar-refractivity contribution < 1.29 is 23.0 Å². The molecular weight excluding hydrogens is 231 g/mol. The third-order valence-corrected chi connectivity index (χ3v) is 1.23. The zero-order valence-electron chi connectivity index (χ0n) is 7.82. The van der Waals surface area contributed by atoms with Crippen molar-refractivity contribution in [1.29, 1.82) is 0 Å². The van der Waals surface area contributed by atoms with Crippen LogP contribution < -0.4 is 15.8 Å². The SMILES string of the molecule is Nc1nc(NCO)nc(OCC(F)(F)F)n1. The highest BCUT2D eigenvalue weighted by Gasteiger charge is 2.29. The zero-order chi connectivity index (χ0) is 12.2. The molecule has 0 aromatic carbocycles. The van der Waals surface area contributed by atoms with Gasteiger partial charge in [0, 0.05) is 0 Å². The van der Waals surface area contributed by atoms with Crippen LogP contribution in [-0.4, -0.2) is 39.6 Å². The number of alkyl halides is 3. The number of nitrogens with one attached hydrogen (secondary N) is 1. The van der Waals surface area contributed by atoms with E-state index < -0.39 is 25.5 Å². The van der Waals surface area contributed by atoms with Gasteiger partial charge in [-0.05, 0) is 0 Å². The first-order valence-electron chi connectivity index (χ1n) is 3.96. The van der Waals surface area contributed by atoms with Crippen LogP contribution in [0.3, 0.4) is 0 Å². The number of nitrogen functional groups attached to an aromatic ring is 1. The molecule has 0 aliphatic heterocycles. The predicted molar refractivity (Wildman–Crippen MR) is 46.5 cm³/mol. The number of hydrogen-bond acceptors (Lipinski definition) is 7. The number of aliphatic hydroxyl groups is 1. The Morgan fingerprint density at radius 1 is 1.31 bits per heavy atom. The number of nitrogens with zero attached hydrogens (tertiary/aromatic N) is 3. The third-order valence-electron chi connectivity index (χ3n) is 1.23. The second kappa shape index (κ2) is 4.79. The summed E-state index contributed by atoms with van der Waals surface area (Å²) in [7, 11) is 0. The molecule has 0 aliphatic carbocycles. The van der Waals surface area contributed by atoms with Gasteiger partial charge in [-0.1, -0.05) is 0 Å². The maximum atomic E-state index is 11.8. The molecule has 1 aromatic heterocycles. The van der Waals surface area contributed by atoms with Crippen LogP contribution in [0.4, 0.5) is 25.1 Å². The van der Waals surface area contributed by atoms with E-state index in [0.29, 0.717) is 0 Å². The van der Waals surface area contributed by atoms with Gasteiger partial charge in [-0.25, -0.2) is 0 Å². The monoisotopic (exact) mass is 239 g/mol. The van der Waals surface area contributed by atoms with Crippen molar-refractivity contribution in [3.05, 3.63) is 0 Å². The molecule has 1 rings (SSSR count). The molecule has 1 aromatic rings. The number of aliphatic hydroxyl groups excluding tert-OH is 1. The van der Waals surface area contributed by atoms with Crippen LogP contribution in [-0.2, 0) is 0 Å². The van der Waals surface area contributed by atoms with Gasteiger partial charge in [-0.15, -0.1) is 0 Å². The number of nitrogens with two attached hydrogens (primary N) is 1. The first-order chi connectivity index (χ1) is 7.40. The summed E-state index contributed by atoms with van der Waals surface area (Å²) in [5, 5.41) is 10.7. The number of aromatic nitrogens is 3. The summed E-state index contributed by atoms with van der Waals surface area (Å²) in [6.07, 6.45) is -4.49. The molecule has 0 fully saturated rings. The Morgan fingerprint density at radius 3 is 2.56 bits per heavy atom. The minimum absolute atomic E-state index is 0.174. The second-order valence-electron chi connectivity index (χ2n) is 2.54. The van der Waals surface area contributed by atoms with Gasteiger partial charge in [0.25, 0.3) is 0 Å². The summed E-state index contributed by atoms with van der Waals surface area (Å²) in [5.41, 5.74) is 5.18. The Kier molecular flexibility index (Phi) is 3.66. The largest absolute Gasteiger partial charge is 0.454 e. The molecule has 1 heterocycles. The highest BCUT2D eigenvalue weighted by molar-refractivity contribution is 5.31. The molecule has 10 heteroatoms. The van der Waals surface area contributed by atoms with Gasteiger partial charge < -0.3 is 20.9 Å². The van der Waals surface area contributed by atoms with Crippen LogP contribution in [0, 0.1) is 0 Å². The van der Waals surface area contributed by atoms with Crippen LogP contribution in [0.2, 0.25) is 0 Å². The Hall–Kier alpha value is -1.84. The van der Waals surface area contributed by atoms with E-state index in [-0.39, 0.29) is 11.9 Å². The lowest BCUT2D eigenvalue weighted by Crippen LogP contribution is -2.21. The molecule has 90 valence electrons. The molecule has 0 unspecified atom stereocenters. The van der Waals surface area contributed by atoms with Crippen LogP contribution >= 0.6 is 0 Å². The summed E-state index contributed by atoms with van der Waals surface area (Å²) in [6, 6.07) is -0.569. The van der Waals surface area contributed by atoms with E-state index in [9.17, 15) is 13.2 Å². The van der Waals surface area contributed by atoms with E-state index in [1.807, 2.05) is 0 Å². The van der Waals surface area contributed by atoms with Crippen molar-refractivity contribution in [3.8, 4) is 6.01 Å². The lowest BCUT2D eigenvalue weighted by atomic mass is 10.7. The second-order valence-corrected chi connectivity index (χ2v) is 2.54. The number of halogens is 3. The van der Waals surface area contributed by atoms with Crippen molar-refractivity contribution >= 4 is 11.9 Å². The normalized spacial score (nSPS) is 11.2. The minimum Gasteiger partial charge on any atom is -0.454 e. The average Bonchev–Trinajstić information content (AvgIpc) is 2.13. The molecule has 0 aliphatic rings. The van der Waals surface area contributed by atoms with Crippen molar-refractivity contribution in [2.24, 2.45) is 0 Å². The van der Waals surface area contributed by atoms with Gasteiger partial charge >= 0.3 is 12.2 Å². The molecule has 0 saturated carbocycles. The lowest BCUT2D eigenvalue weighted by molar-refractivity contribution is -0.154. The van der Waals surface area contributed by atoms with Crippen molar-refractivity contribution in [2.45, 2.75) is 6.18 Å². The quantitative estimate of drug-likeness (QED) is 0.622. The summed E-state index contributed by atoms with van der Waals surface area (Å²) in [5.74, 6) is -0.490. The van der Waals surface area contributed by atoms with E-state index in [0.717, 1.165) is 0 Å². The molecule has 0 bridgehead atoms. The van der Waals surface area contributed by atoms with Gasteiger partial charge in [0.05, 0.1) is 0 Å². The molecular formula is C6H8F3N5O2. The Morgan fingerprint density at radius 2 is 2.00 bits per heavy atom. The lowest BCUT2D eigenvalue weighted by Gasteiger charge is -2.08. The molecule has 16 heavy (non-hydrogen) atoms. The summed E-state index contributed by atoms with van der Waals surface area (Å²) >= 11 is 0. The molecule has 7 nitrogen and oxygen atoms in total. The predicted octanol–water partition coefficient (Wildman–Crippen LogP) is -0.243. The number of hydrogen-bond donors (Lipinski definition) is 3. The van der Waals surface area contributed by atoms with Crippen molar-refractivity contribution in [2.75, 3.05) is 24.4 Å². The molecule has 0 spiro atoms. The number of rotatable bonds is 4. The summed E-state index contributed by atoms with van der Waals surface area (Å²) < 4.78 is 39.7. The molecule has 0 amide bonds. The smallest absolute Gasteiger partial charge is 0.422 e. The number of ether oxygens (including phenoxy) is 1. The maximum absolute atomic E-state index is 11.8. The van der Waals surface area contributed by atoms with Crippen LogP contribution in [0.1, 0.15) is 0 Å². The van der Waals surface area contributed by atoms with Crippen molar-refractivity contribution in [3.63, 3.8) is 0 Å². The van der Waals surface area contributed by atoms with E-state index in [4.69, 9.17) is 10.8 Å². The van der Waals surface area contributed by atoms with Gasteiger partial charge in [0.15, 0.2) is 6.61 Å². The zero-order valence-corrected chi connectivity index (χ0v) is 7.82. The van der Waals surface area contributed by atoms with Gasteiger partial charge in [0.2, 0.25) is 11.9 Å². The standard InChI is InChI=1S/C6H8F3N5O2/c7-6(8,9)1-16-5-13-3(10)12-4(14-5)11-2-15/h15H,1-2H2,(H3,10,11,12,13,14).